The lowest BCUT2D eigenvalue weighted by Gasteiger charge is -2.13. The fourth-order valence-electron chi connectivity index (χ4n) is 1.87. The lowest BCUT2D eigenvalue weighted by atomic mass is 10.1. The second-order valence-electron chi connectivity index (χ2n) is 4.02. The van der Waals surface area contributed by atoms with E-state index in [1.807, 2.05) is 24.3 Å². The van der Waals surface area contributed by atoms with Crippen LogP contribution in [0.1, 0.15) is 17.9 Å². The number of hydrogen-bond acceptors (Lipinski definition) is 2. The highest BCUT2D eigenvalue weighted by molar-refractivity contribution is 6.30. The first-order chi connectivity index (χ1) is 7.63. The van der Waals surface area contributed by atoms with Crippen molar-refractivity contribution in [2.24, 2.45) is 5.92 Å². The van der Waals surface area contributed by atoms with Gasteiger partial charge in [0.15, 0.2) is 0 Å². The maximum absolute atomic E-state index is 11.8. The minimum Gasteiger partial charge on any atom is -0.275 e. The van der Waals surface area contributed by atoms with Crippen molar-refractivity contribution in [1.82, 2.24) is 5.06 Å². The average Bonchev–Trinajstić information content (AvgIpc) is 3.08. The molecule has 0 spiro atoms. The van der Waals surface area contributed by atoms with Crippen molar-refractivity contribution >= 4 is 17.5 Å². The summed E-state index contributed by atoms with van der Waals surface area (Å²) in [6.07, 6.45) is 0.897. The predicted molar refractivity (Wildman–Crippen MR) is 62.1 cm³/mol. The van der Waals surface area contributed by atoms with E-state index in [1.54, 1.807) is 7.05 Å². The lowest BCUT2D eigenvalue weighted by molar-refractivity contribution is -0.170. The van der Waals surface area contributed by atoms with Gasteiger partial charge in [0.2, 0.25) is 5.91 Å². The third-order valence-corrected chi connectivity index (χ3v) is 3.24. The molecule has 0 N–H and O–H groups in total. The Morgan fingerprint density at radius 3 is 2.62 bits per heavy atom. The van der Waals surface area contributed by atoms with Gasteiger partial charge in [-0.2, -0.15) is 0 Å². The summed E-state index contributed by atoms with van der Waals surface area (Å²) >= 11 is 5.81. The van der Waals surface area contributed by atoms with Gasteiger partial charge < -0.3 is 0 Å². The number of hydrogen-bond donors (Lipinski definition) is 0. The molecule has 86 valence electrons. The Balaban J connectivity index is 2.01. The molecule has 1 fully saturated rings. The highest BCUT2D eigenvalue weighted by Crippen LogP contribution is 2.48. The molecule has 2 atom stereocenters. The van der Waals surface area contributed by atoms with Crippen LogP contribution in [0.25, 0.3) is 0 Å². The molecular formula is C12H14ClNO2. The van der Waals surface area contributed by atoms with E-state index in [0.717, 1.165) is 11.4 Å². The summed E-state index contributed by atoms with van der Waals surface area (Å²) in [6.45, 7) is 0. The van der Waals surface area contributed by atoms with Gasteiger partial charge in [-0.25, -0.2) is 5.06 Å². The smallest absolute Gasteiger partial charge is 0.249 e. The Hall–Kier alpha value is -1.06. The van der Waals surface area contributed by atoms with Crippen LogP contribution < -0.4 is 0 Å². The zero-order valence-corrected chi connectivity index (χ0v) is 10.1. The van der Waals surface area contributed by atoms with Gasteiger partial charge in [0, 0.05) is 18.0 Å². The molecule has 1 aromatic carbocycles. The molecule has 1 amide bonds. The van der Waals surface area contributed by atoms with E-state index in [-0.39, 0.29) is 11.8 Å². The maximum Gasteiger partial charge on any atom is 0.249 e. The van der Waals surface area contributed by atoms with Crippen LogP contribution in [0, 0.1) is 5.92 Å². The van der Waals surface area contributed by atoms with Crippen molar-refractivity contribution in [2.45, 2.75) is 12.3 Å². The molecule has 1 aromatic rings. The summed E-state index contributed by atoms with van der Waals surface area (Å²) in [5.41, 5.74) is 1.17. The standard InChI is InChI=1S/C12H14ClNO2/c1-14(16-2)12(15)11-7-10(11)8-3-5-9(13)6-4-8/h3-6,10-11H,7H2,1-2H3/t10-,11+/m1/s1. The van der Waals surface area contributed by atoms with Gasteiger partial charge in [-0.15, -0.1) is 0 Å². The van der Waals surface area contributed by atoms with E-state index < -0.39 is 0 Å². The molecule has 0 aromatic heterocycles. The Morgan fingerprint density at radius 1 is 1.44 bits per heavy atom. The highest BCUT2D eigenvalue weighted by atomic mass is 35.5. The molecule has 4 heteroatoms. The topological polar surface area (TPSA) is 29.5 Å². The first-order valence-electron chi connectivity index (χ1n) is 5.20. The third-order valence-electron chi connectivity index (χ3n) is 2.99. The monoisotopic (exact) mass is 239 g/mol. The summed E-state index contributed by atoms with van der Waals surface area (Å²) in [4.78, 5) is 16.6. The predicted octanol–water partition coefficient (Wildman–Crippen LogP) is 2.46. The van der Waals surface area contributed by atoms with E-state index in [9.17, 15) is 4.79 Å². The van der Waals surface area contributed by atoms with Crippen molar-refractivity contribution in [3.8, 4) is 0 Å². The molecule has 1 saturated carbocycles. The zero-order chi connectivity index (χ0) is 11.7. The van der Waals surface area contributed by atoms with Crippen LogP contribution in [0.5, 0.6) is 0 Å². The van der Waals surface area contributed by atoms with Crippen LogP contribution in [-0.4, -0.2) is 25.1 Å². The van der Waals surface area contributed by atoms with Crippen molar-refractivity contribution in [1.29, 1.82) is 0 Å². The second kappa shape index (κ2) is 4.44. The number of carbonyl (C=O) groups excluding carboxylic acids is 1. The first-order valence-corrected chi connectivity index (χ1v) is 5.58. The molecule has 16 heavy (non-hydrogen) atoms. The Kier molecular flexibility index (Phi) is 3.17. The van der Waals surface area contributed by atoms with Crippen LogP contribution >= 0.6 is 11.6 Å². The average molecular weight is 240 g/mol. The van der Waals surface area contributed by atoms with Crippen LogP contribution in [0.3, 0.4) is 0 Å². The van der Waals surface area contributed by atoms with Gasteiger partial charge in [-0.1, -0.05) is 23.7 Å². The first kappa shape index (κ1) is 11.4. The highest BCUT2D eigenvalue weighted by Gasteiger charge is 2.45. The molecule has 2 rings (SSSR count). The maximum atomic E-state index is 11.8. The summed E-state index contributed by atoms with van der Waals surface area (Å²) < 4.78 is 0. The SMILES string of the molecule is CON(C)C(=O)[C@H]1C[C@@H]1c1ccc(Cl)cc1. The molecule has 1 aliphatic rings. The summed E-state index contributed by atoms with van der Waals surface area (Å²) in [5, 5.41) is 2.02. The zero-order valence-electron chi connectivity index (χ0n) is 9.31. The van der Waals surface area contributed by atoms with Gasteiger partial charge in [-0.05, 0) is 30.0 Å². The number of rotatable bonds is 3. The molecule has 0 unspecified atom stereocenters. The Morgan fingerprint density at radius 2 is 2.06 bits per heavy atom. The van der Waals surface area contributed by atoms with E-state index in [0.29, 0.717) is 5.92 Å². The van der Waals surface area contributed by atoms with Crippen LogP contribution in [-0.2, 0) is 9.63 Å². The molecule has 0 aliphatic heterocycles. The normalized spacial score (nSPS) is 22.9. The summed E-state index contributed by atoms with van der Waals surface area (Å²) in [6, 6.07) is 7.67. The van der Waals surface area contributed by atoms with E-state index in [4.69, 9.17) is 16.4 Å². The Labute approximate surface area is 99.9 Å². The molecule has 3 nitrogen and oxygen atoms in total. The Bertz CT molecular complexity index is 391. The van der Waals surface area contributed by atoms with E-state index in [2.05, 4.69) is 0 Å². The molecular weight excluding hydrogens is 226 g/mol. The third kappa shape index (κ3) is 2.20. The minimum atomic E-state index is 0.0439. The van der Waals surface area contributed by atoms with E-state index >= 15 is 0 Å². The number of hydroxylamine groups is 2. The number of amides is 1. The molecule has 1 aliphatic carbocycles. The second-order valence-corrected chi connectivity index (χ2v) is 4.45. The van der Waals surface area contributed by atoms with Crippen LogP contribution in [0.2, 0.25) is 5.02 Å². The molecule has 0 radical (unpaired) electrons. The van der Waals surface area contributed by atoms with Gasteiger partial charge in [0.1, 0.15) is 0 Å². The van der Waals surface area contributed by atoms with Gasteiger partial charge in [0.05, 0.1) is 7.11 Å². The van der Waals surface area contributed by atoms with Crippen LogP contribution in [0.4, 0.5) is 0 Å². The lowest BCUT2D eigenvalue weighted by Crippen LogP contribution is -2.27. The number of carbonyl (C=O) groups is 1. The van der Waals surface area contributed by atoms with Gasteiger partial charge in [-0.3, -0.25) is 9.63 Å². The van der Waals surface area contributed by atoms with Crippen molar-refractivity contribution in [3.05, 3.63) is 34.9 Å². The number of nitrogens with zero attached hydrogens (tertiary/aromatic N) is 1. The van der Waals surface area contributed by atoms with Gasteiger partial charge >= 0.3 is 0 Å². The van der Waals surface area contributed by atoms with E-state index in [1.165, 1.54) is 17.7 Å². The quantitative estimate of drug-likeness (QED) is 0.759. The minimum absolute atomic E-state index is 0.0439. The molecule has 0 saturated heterocycles. The largest absolute Gasteiger partial charge is 0.275 e. The van der Waals surface area contributed by atoms with Crippen molar-refractivity contribution in [2.75, 3.05) is 14.2 Å². The summed E-state index contributed by atoms with van der Waals surface area (Å²) in [7, 11) is 3.14. The van der Waals surface area contributed by atoms with Gasteiger partial charge in [0.25, 0.3) is 0 Å². The number of benzene rings is 1. The van der Waals surface area contributed by atoms with Crippen LogP contribution in [0.15, 0.2) is 24.3 Å². The fourth-order valence-corrected chi connectivity index (χ4v) is 2.00. The molecule has 0 bridgehead atoms. The number of halogens is 1. The fraction of sp³-hybridized carbons (Fsp3) is 0.417. The van der Waals surface area contributed by atoms with Crippen molar-refractivity contribution < 1.29 is 9.63 Å². The molecule has 0 heterocycles. The van der Waals surface area contributed by atoms with Crippen molar-refractivity contribution in [3.63, 3.8) is 0 Å². The summed E-state index contributed by atoms with van der Waals surface area (Å²) in [5.74, 6) is 0.427.